The molecule has 8 heteroatoms. The number of amides is 1. The Morgan fingerprint density at radius 1 is 1.26 bits per heavy atom. The molecule has 0 aliphatic carbocycles. The number of nitrogens with zero attached hydrogens (tertiary/aromatic N) is 3. The molecule has 0 aliphatic rings. The molecule has 0 spiro atoms. The molecule has 0 radical (unpaired) electrons. The molecule has 0 saturated carbocycles. The molecule has 0 fully saturated rings. The van der Waals surface area contributed by atoms with Crippen LogP contribution in [0.5, 0.6) is 6.01 Å². The van der Waals surface area contributed by atoms with Crippen molar-refractivity contribution in [2.24, 2.45) is 0 Å². The molecular weight excluding hydrogens is 248 g/mol. The van der Waals surface area contributed by atoms with Gasteiger partial charge in [-0.3, -0.25) is 4.79 Å². The van der Waals surface area contributed by atoms with Gasteiger partial charge in [0.1, 0.15) is 6.04 Å². The van der Waals surface area contributed by atoms with Gasteiger partial charge in [-0.15, -0.1) is 0 Å². The lowest BCUT2D eigenvalue weighted by Gasteiger charge is -2.13. The number of ether oxygens (including phenoxy) is 1. The van der Waals surface area contributed by atoms with Crippen LogP contribution in [0.2, 0.25) is 0 Å². The van der Waals surface area contributed by atoms with Crippen LogP contribution in [0.25, 0.3) is 0 Å². The molecule has 3 N–H and O–H groups in total. The van der Waals surface area contributed by atoms with E-state index in [2.05, 4.69) is 30.9 Å². The molecule has 1 amide bonds. The van der Waals surface area contributed by atoms with Gasteiger partial charge in [-0.2, -0.15) is 15.0 Å². The van der Waals surface area contributed by atoms with Crippen molar-refractivity contribution in [2.75, 3.05) is 31.3 Å². The van der Waals surface area contributed by atoms with Crippen molar-refractivity contribution in [1.29, 1.82) is 0 Å². The van der Waals surface area contributed by atoms with Gasteiger partial charge < -0.3 is 20.7 Å². The fourth-order valence-corrected chi connectivity index (χ4v) is 1.27. The highest BCUT2D eigenvalue weighted by molar-refractivity contribution is 5.83. The SMILES string of the molecule is CCCOc1nc(NC)nc(NC(C)C(=O)NC)n1. The molecule has 1 rings (SSSR count). The summed E-state index contributed by atoms with van der Waals surface area (Å²) >= 11 is 0. The number of rotatable bonds is 7. The van der Waals surface area contributed by atoms with Crippen LogP contribution in [0.15, 0.2) is 0 Å². The zero-order chi connectivity index (χ0) is 14.3. The van der Waals surface area contributed by atoms with E-state index in [1.807, 2.05) is 6.92 Å². The highest BCUT2D eigenvalue weighted by Crippen LogP contribution is 2.11. The first-order valence-corrected chi connectivity index (χ1v) is 6.15. The van der Waals surface area contributed by atoms with E-state index in [1.54, 1.807) is 21.0 Å². The maximum absolute atomic E-state index is 11.4. The van der Waals surface area contributed by atoms with Gasteiger partial charge in [0.05, 0.1) is 6.61 Å². The van der Waals surface area contributed by atoms with Gasteiger partial charge in [0.25, 0.3) is 0 Å². The first kappa shape index (κ1) is 14.9. The molecule has 0 aliphatic heterocycles. The summed E-state index contributed by atoms with van der Waals surface area (Å²) in [6.45, 7) is 4.23. The number of carbonyl (C=O) groups excluding carboxylic acids is 1. The van der Waals surface area contributed by atoms with Gasteiger partial charge >= 0.3 is 6.01 Å². The molecule has 8 nitrogen and oxygen atoms in total. The monoisotopic (exact) mass is 268 g/mol. The molecule has 19 heavy (non-hydrogen) atoms. The van der Waals surface area contributed by atoms with E-state index >= 15 is 0 Å². The Bertz CT molecular complexity index is 426. The van der Waals surface area contributed by atoms with Crippen molar-refractivity contribution in [1.82, 2.24) is 20.3 Å². The minimum Gasteiger partial charge on any atom is -0.463 e. The summed E-state index contributed by atoms with van der Waals surface area (Å²) in [6.07, 6.45) is 0.859. The number of nitrogens with one attached hydrogen (secondary N) is 3. The fourth-order valence-electron chi connectivity index (χ4n) is 1.27. The van der Waals surface area contributed by atoms with Crippen molar-refractivity contribution in [2.45, 2.75) is 26.3 Å². The first-order valence-electron chi connectivity index (χ1n) is 6.15. The minimum absolute atomic E-state index is 0.151. The zero-order valence-corrected chi connectivity index (χ0v) is 11.6. The summed E-state index contributed by atoms with van der Waals surface area (Å²) in [4.78, 5) is 23.7. The van der Waals surface area contributed by atoms with Crippen LogP contribution >= 0.6 is 0 Å². The van der Waals surface area contributed by atoms with Crippen molar-refractivity contribution >= 4 is 17.8 Å². The van der Waals surface area contributed by atoms with Gasteiger partial charge in [-0.25, -0.2) is 0 Å². The lowest BCUT2D eigenvalue weighted by Crippen LogP contribution is -2.35. The minimum atomic E-state index is -0.448. The smallest absolute Gasteiger partial charge is 0.323 e. The zero-order valence-electron chi connectivity index (χ0n) is 11.6. The Labute approximate surface area is 112 Å². The molecule has 0 saturated heterocycles. The second-order valence-electron chi connectivity index (χ2n) is 3.84. The lowest BCUT2D eigenvalue weighted by atomic mass is 10.3. The summed E-state index contributed by atoms with van der Waals surface area (Å²) in [5.41, 5.74) is 0. The van der Waals surface area contributed by atoms with E-state index in [-0.39, 0.29) is 11.9 Å². The van der Waals surface area contributed by atoms with Crippen molar-refractivity contribution in [3.63, 3.8) is 0 Å². The Kier molecular flexibility index (Phi) is 5.77. The number of likely N-dealkylation sites (N-methyl/N-ethyl adjacent to an activating group) is 1. The molecule has 1 unspecified atom stereocenters. The van der Waals surface area contributed by atoms with Crippen LogP contribution in [-0.4, -0.2) is 47.6 Å². The van der Waals surface area contributed by atoms with Gasteiger partial charge in [-0.1, -0.05) is 6.92 Å². The van der Waals surface area contributed by atoms with Crippen LogP contribution in [0.4, 0.5) is 11.9 Å². The third kappa shape index (κ3) is 4.57. The summed E-state index contributed by atoms with van der Waals surface area (Å²) < 4.78 is 5.36. The number of anilines is 2. The number of aromatic nitrogens is 3. The number of hydrogen-bond acceptors (Lipinski definition) is 7. The maximum Gasteiger partial charge on any atom is 0.323 e. The fraction of sp³-hybridized carbons (Fsp3) is 0.636. The van der Waals surface area contributed by atoms with E-state index < -0.39 is 6.04 Å². The molecule has 1 aromatic rings. The molecule has 106 valence electrons. The first-order chi connectivity index (χ1) is 9.10. The Hall–Kier alpha value is -2.12. The predicted molar refractivity (Wildman–Crippen MR) is 72.3 cm³/mol. The standard InChI is InChI=1S/C11H20N6O2/c1-5-6-19-11-16-9(13-4)15-10(17-11)14-7(2)8(18)12-3/h7H,5-6H2,1-4H3,(H,12,18)(H2,13,14,15,16,17). The Balaban J connectivity index is 2.84. The van der Waals surface area contributed by atoms with Gasteiger partial charge in [0.15, 0.2) is 0 Å². The molecule has 0 aromatic carbocycles. The van der Waals surface area contributed by atoms with E-state index in [0.717, 1.165) is 6.42 Å². The average molecular weight is 268 g/mol. The van der Waals surface area contributed by atoms with E-state index in [1.165, 1.54) is 0 Å². The average Bonchev–Trinajstić information content (AvgIpc) is 2.43. The quantitative estimate of drug-likeness (QED) is 0.651. The van der Waals surface area contributed by atoms with E-state index in [0.29, 0.717) is 18.5 Å². The highest BCUT2D eigenvalue weighted by atomic mass is 16.5. The van der Waals surface area contributed by atoms with Gasteiger partial charge in [0.2, 0.25) is 17.8 Å². The molecule has 0 bridgehead atoms. The molecule has 1 atom stereocenters. The summed E-state index contributed by atoms with van der Waals surface area (Å²) in [6, 6.07) is -0.219. The third-order valence-corrected chi connectivity index (χ3v) is 2.26. The summed E-state index contributed by atoms with van der Waals surface area (Å²) in [5.74, 6) is 0.525. The van der Waals surface area contributed by atoms with Crippen LogP contribution < -0.4 is 20.7 Å². The van der Waals surface area contributed by atoms with Crippen molar-refractivity contribution in [3.05, 3.63) is 0 Å². The normalized spacial score (nSPS) is 11.6. The largest absolute Gasteiger partial charge is 0.463 e. The molecule has 1 heterocycles. The van der Waals surface area contributed by atoms with Crippen LogP contribution in [-0.2, 0) is 4.79 Å². The number of carbonyl (C=O) groups is 1. The van der Waals surface area contributed by atoms with Crippen LogP contribution in [0.3, 0.4) is 0 Å². The van der Waals surface area contributed by atoms with Crippen molar-refractivity contribution in [3.8, 4) is 6.01 Å². The van der Waals surface area contributed by atoms with Gasteiger partial charge in [-0.05, 0) is 13.3 Å². The van der Waals surface area contributed by atoms with Crippen LogP contribution in [0, 0.1) is 0 Å². The second-order valence-corrected chi connectivity index (χ2v) is 3.84. The topological polar surface area (TPSA) is 101 Å². The Morgan fingerprint density at radius 3 is 2.53 bits per heavy atom. The number of hydrogen-bond donors (Lipinski definition) is 3. The maximum atomic E-state index is 11.4. The highest BCUT2D eigenvalue weighted by Gasteiger charge is 2.14. The van der Waals surface area contributed by atoms with Crippen LogP contribution in [0.1, 0.15) is 20.3 Å². The van der Waals surface area contributed by atoms with E-state index in [9.17, 15) is 4.79 Å². The predicted octanol–water partition coefficient (Wildman–Crippen LogP) is 0.249. The molecule has 1 aromatic heterocycles. The van der Waals surface area contributed by atoms with Crippen molar-refractivity contribution < 1.29 is 9.53 Å². The Morgan fingerprint density at radius 2 is 1.95 bits per heavy atom. The lowest BCUT2D eigenvalue weighted by molar-refractivity contribution is -0.121. The third-order valence-electron chi connectivity index (χ3n) is 2.26. The summed E-state index contributed by atoms with van der Waals surface area (Å²) in [5, 5.41) is 8.25. The molecular formula is C11H20N6O2. The summed E-state index contributed by atoms with van der Waals surface area (Å²) in [7, 11) is 3.27. The van der Waals surface area contributed by atoms with Gasteiger partial charge in [0, 0.05) is 14.1 Å². The van der Waals surface area contributed by atoms with E-state index in [4.69, 9.17) is 4.74 Å². The second kappa shape index (κ2) is 7.34.